The van der Waals surface area contributed by atoms with E-state index in [2.05, 4.69) is 4.90 Å². The fourth-order valence-electron chi connectivity index (χ4n) is 6.41. The Morgan fingerprint density at radius 2 is 1.70 bits per heavy atom. The second-order valence-electron chi connectivity index (χ2n) is 12.8. The lowest BCUT2D eigenvalue weighted by atomic mass is 9.86. The number of hydrogen-bond acceptors (Lipinski definition) is 7. The van der Waals surface area contributed by atoms with Crippen LogP contribution in [0.5, 0.6) is 5.75 Å². The van der Waals surface area contributed by atoms with Gasteiger partial charge in [-0.15, -0.1) is 0 Å². The first-order valence-corrected chi connectivity index (χ1v) is 14.8. The predicted molar refractivity (Wildman–Crippen MR) is 160 cm³/mol. The van der Waals surface area contributed by atoms with Gasteiger partial charge in [-0.2, -0.15) is 13.2 Å². The van der Waals surface area contributed by atoms with Crippen LogP contribution in [-0.2, 0) is 16.0 Å². The zero-order valence-electron chi connectivity index (χ0n) is 26.0. The number of aromatic nitrogens is 1. The first-order valence-electron chi connectivity index (χ1n) is 14.8. The molecule has 8 nitrogen and oxygen atoms in total. The number of methoxy groups -OCH3 is 2. The van der Waals surface area contributed by atoms with E-state index in [0.717, 1.165) is 34.0 Å². The van der Waals surface area contributed by atoms with Gasteiger partial charge < -0.3 is 14.2 Å². The molecule has 3 heterocycles. The van der Waals surface area contributed by atoms with Gasteiger partial charge in [0.15, 0.2) is 0 Å². The van der Waals surface area contributed by atoms with E-state index < -0.39 is 29.8 Å². The fourth-order valence-corrected chi connectivity index (χ4v) is 6.41. The molecule has 2 atom stereocenters. The monoisotopic (exact) mass is 615 g/mol. The number of aryl methyl sites for hydroxylation is 1. The first-order chi connectivity index (χ1) is 20.7. The van der Waals surface area contributed by atoms with Gasteiger partial charge in [0.05, 0.1) is 31.2 Å². The number of nitrogens with zero attached hydrogens (tertiary/aromatic N) is 3. The Morgan fingerprint density at radius 1 is 1.02 bits per heavy atom. The van der Waals surface area contributed by atoms with Crippen molar-refractivity contribution in [2.45, 2.75) is 70.9 Å². The highest BCUT2D eigenvalue weighted by atomic mass is 19.4. The van der Waals surface area contributed by atoms with Crippen LogP contribution in [0, 0.1) is 12.8 Å². The van der Waals surface area contributed by atoms with Crippen molar-refractivity contribution in [3.05, 3.63) is 64.8 Å². The van der Waals surface area contributed by atoms with Crippen molar-refractivity contribution in [1.29, 1.82) is 0 Å². The molecule has 2 aromatic carbocycles. The Morgan fingerprint density at radius 3 is 2.30 bits per heavy atom. The molecule has 0 N–H and O–H groups in total. The number of fused-ring (bicyclic) bond motifs is 1. The van der Waals surface area contributed by atoms with Crippen molar-refractivity contribution < 1.29 is 37.0 Å². The number of carbonyl (C=O) groups excluding carboxylic acids is 2. The lowest BCUT2D eigenvalue weighted by Gasteiger charge is -2.50. The average Bonchev–Trinajstić information content (AvgIpc) is 3.38. The molecule has 5 rings (SSSR count). The number of halogens is 3. The topological polar surface area (TPSA) is 73.2 Å². The van der Waals surface area contributed by atoms with E-state index >= 15 is 0 Å². The van der Waals surface area contributed by atoms with Crippen LogP contribution in [0.25, 0.3) is 10.9 Å². The van der Waals surface area contributed by atoms with Gasteiger partial charge in [0, 0.05) is 55.4 Å². The third kappa shape index (κ3) is 6.44. The van der Waals surface area contributed by atoms with E-state index in [0.29, 0.717) is 30.8 Å². The molecule has 0 aliphatic carbocycles. The Kier molecular flexibility index (Phi) is 8.74. The van der Waals surface area contributed by atoms with E-state index in [-0.39, 0.29) is 25.2 Å². The summed E-state index contributed by atoms with van der Waals surface area (Å²) in [6.45, 7) is 8.56. The molecule has 2 aliphatic heterocycles. The largest absolute Gasteiger partial charge is 0.496 e. The average molecular weight is 616 g/mol. The number of ether oxygens (including phenoxy) is 3. The zero-order valence-corrected chi connectivity index (χ0v) is 26.0. The summed E-state index contributed by atoms with van der Waals surface area (Å²) >= 11 is 0. The number of carbonyl (C=O) groups is 2. The maximum Gasteiger partial charge on any atom is 0.419 e. The summed E-state index contributed by atoms with van der Waals surface area (Å²) in [5, 5.41) is 0.866. The van der Waals surface area contributed by atoms with Gasteiger partial charge in [-0.1, -0.05) is 12.1 Å². The maximum absolute atomic E-state index is 13.3. The van der Waals surface area contributed by atoms with Crippen molar-refractivity contribution in [1.82, 2.24) is 14.4 Å². The van der Waals surface area contributed by atoms with Crippen LogP contribution in [0.2, 0.25) is 0 Å². The molecule has 0 bridgehead atoms. The van der Waals surface area contributed by atoms with Crippen molar-refractivity contribution in [3.8, 4) is 5.75 Å². The number of alkyl halides is 3. The van der Waals surface area contributed by atoms with Crippen LogP contribution >= 0.6 is 0 Å². The van der Waals surface area contributed by atoms with Crippen LogP contribution in [0.1, 0.15) is 66.7 Å². The van der Waals surface area contributed by atoms with E-state index in [4.69, 9.17) is 14.2 Å². The smallest absolute Gasteiger partial charge is 0.419 e. The molecule has 2 saturated heterocycles. The summed E-state index contributed by atoms with van der Waals surface area (Å²) in [6, 6.07) is 10.9. The number of benzene rings is 2. The molecular formula is C33H40F3N3O5. The molecule has 3 aromatic rings. The normalized spacial score (nSPS) is 20.4. The summed E-state index contributed by atoms with van der Waals surface area (Å²) < 4.78 is 57.7. The van der Waals surface area contributed by atoms with E-state index in [1.54, 1.807) is 25.4 Å². The van der Waals surface area contributed by atoms with Crippen LogP contribution < -0.4 is 4.74 Å². The van der Waals surface area contributed by atoms with Crippen LogP contribution in [0.4, 0.5) is 18.0 Å². The third-order valence-electron chi connectivity index (χ3n) is 8.69. The third-order valence-corrected chi connectivity index (χ3v) is 8.69. The number of rotatable bonds is 6. The number of esters is 1. The minimum atomic E-state index is -4.18. The van der Waals surface area contributed by atoms with Gasteiger partial charge in [0.2, 0.25) is 0 Å². The van der Waals surface area contributed by atoms with Gasteiger partial charge in [-0.05, 0) is 75.9 Å². The molecule has 1 aromatic heterocycles. The summed E-state index contributed by atoms with van der Waals surface area (Å²) in [5.41, 5.74) is 3.24. The Labute approximate surface area is 255 Å². The summed E-state index contributed by atoms with van der Waals surface area (Å²) in [4.78, 5) is 29.4. The summed E-state index contributed by atoms with van der Waals surface area (Å²) in [5.74, 6) is -1.03. The van der Waals surface area contributed by atoms with E-state index in [9.17, 15) is 22.8 Å². The number of piperidine rings is 1. The Bertz CT molecular complexity index is 1520. The predicted octanol–water partition coefficient (Wildman–Crippen LogP) is 6.73. The van der Waals surface area contributed by atoms with Crippen LogP contribution in [0.15, 0.2) is 42.6 Å². The minimum absolute atomic E-state index is 0.00307. The molecule has 11 heteroatoms. The van der Waals surface area contributed by atoms with Crippen molar-refractivity contribution in [2.75, 3.05) is 33.9 Å². The lowest BCUT2D eigenvalue weighted by Crippen LogP contribution is -2.59. The van der Waals surface area contributed by atoms with Crippen molar-refractivity contribution in [3.63, 3.8) is 0 Å². The van der Waals surface area contributed by atoms with Gasteiger partial charge in [-0.3, -0.25) is 14.4 Å². The molecule has 238 valence electrons. The number of hydrogen-bond donors (Lipinski definition) is 0. The molecule has 0 radical (unpaired) electrons. The second kappa shape index (κ2) is 12.1. The second-order valence-corrected chi connectivity index (χ2v) is 12.8. The standard InChI is InChI=1S/C33H40F3N3O5/c1-20-15-28(42-5)26(25-12-14-39(29(20)25)31(41)44-32(2,3)4)19-37-13-11-24(38-17-23(18-38)33(34,35)36)16-27(37)21-7-9-22(10-8-21)30(40)43-6/h7-10,12,14-15,23-24,27H,11,13,16-19H2,1-6H3. The molecular weight excluding hydrogens is 575 g/mol. The molecule has 44 heavy (non-hydrogen) atoms. The van der Waals surface area contributed by atoms with Gasteiger partial charge >= 0.3 is 18.2 Å². The lowest BCUT2D eigenvalue weighted by molar-refractivity contribution is -0.216. The highest BCUT2D eigenvalue weighted by molar-refractivity contribution is 5.95. The molecule has 2 aliphatic rings. The van der Waals surface area contributed by atoms with E-state index in [1.165, 1.54) is 11.7 Å². The molecule has 0 saturated carbocycles. The summed E-state index contributed by atoms with van der Waals surface area (Å²) in [6.07, 6.45) is -1.58. The van der Waals surface area contributed by atoms with Crippen LogP contribution in [-0.4, -0.2) is 78.1 Å². The summed E-state index contributed by atoms with van der Waals surface area (Å²) in [7, 11) is 2.95. The minimum Gasteiger partial charge on any atom is -0.496 e. The van der Waals surface area contributed by atoms with Crippen molar-refractivity contribution >= 4 is 23.0 Å². The SMILES string of the molecule is COC(=O)c1ccc(C2CC(N3CC(C(F)(F)F)C3)CCN2Cc2c(OC)cc(C)c3c2ccn3C(=O)OC(C)(C)C)cc1. The van der Waals surface area contributed by atoms with Gasteiger partial charge in [0.1, 0.15) is 11.4 Å². The highest BCUT2D eigenvalue weighted by Gasteiger charge is 2.49. The highest BCUT2D eigenvalue weighted by Crippen LogP contribution is 2.42. The molecule has 2 unspecified atom stereocenters. The number of likely N-dealkylation sites (tertiary alicyclic amines) is 2. The quantitative estimate of drug-likeness (QED) is 0.285. The first kappa shape index (κ1) is 31.8. The van der Waals surface area contributed by atoms with Gasteiger partial charge in [0.25, 0.3) is 0 Å². The molecule has 0 spiro atoms. The van der Waals surface area contributed by atoms with Crippen LogP contribution in [0.3, 0.4) is 0 Å². The van der Waals surface area contributed by atoms with Gasteiger partial charge in [-0.25, -0.2) is 9.59 Å². The zero-order chi connectivity index (χ0) is 32.0. The molecule has 2 fully saturated rings. The Hall–Kier alpha value is -3.57. The van der Waals surface area contributed by atoms with E-state index in [1.807, 2.05) is 56.9 Å². The molecule has 0 amide bonds. The fraction of sp³-hybridized carbons (Fsp3) is 0.515. The van der Waals surface area contributed by atoms with Crippen molar-refractivity contribution in [2.24, 2.45) is 5.92 Å². The Balaban J connectivity index is 1.48. The maximum atomic E-state index is 13.3.